The first-order valence-electron chi connectivity index (χ1n) is 5.80. The molecule has 1 aromatic rings. The van der Waals surface area contributed by atoms with Crippen LogP contribution in [0.25, 0.3) is 6.08 Å². The highest BCUT2D eigenvalue weighted by Crippen LogP contribution is 2.05. The molecule has 4 nitrogen and oxygen atoms in total. The zero-order chi connectivity index (χ0) is 13.4. The number of ether oxygens (including phenoxy) is 1. The molecule has 1 N–H and O–H groups in total. The second-order valence-corrected chi connectivity index (χ2v) is 3.77. The van der Waals surface area contributed by atoms with Gasteiger partial charge < -0.3 is 10.1 Å². The Balaban J connectivity index is 2.42. The number of rotatable bonds is 5. The second-order valence-electron chi connectivity index (χ2n) is 3.77. The largest absolute Gasteiger partial charge is 0.465 e. The molecule has 0 aromatic heterocycles. The molecule has 1 amide bonds. The summed E-state index contributed by atoms with van der Waals surface area (Å²) in [5, 5.41) is 2.45. The first-order chi connectivity index (χ1) is 8.61. The van der Waals surface area contributed by atoms with E-state index in [2.05, 4.69) is 5.32 Å². The molecule has 18 heavy (non-hydrogen) atoms. The number of benzene rings is 1. The normalized spacial score (nSPS) is 10.3. The fourth-order valence-electron chi connectivity index (χ4n) is 1.38. The van der Waals surface area contributed by atoms with Crippen molar-refractivity contribution < 1.29 is 14.3 Å². The second kappa shape index (κ2) is 7.27. The summed E-state index contributed by atoms with van der Waals surface area (Å²) >= 11 is 0. The topological polar surface area (TPSA) is 55.4 Å². The molecule has 0 aliphatic rings. The fraction of sp³-hybridized carbons (Fsp3) is 0.286. The summed E-state index contributed by atoms with van der Waals surface area (Å²) in [5.41, 5.74) is 2.07. The van der Waals surface area contributed by atoms with E-state index in [-0.39, 0.29) is 12.5 Å². The minimum absolute atomic E-state index is 0.106. The van der Waals surface area contributed by atoms with Crippen LogP contribution >= 0.6 is 0 Å². The number of nitrogens with one attached hydrogen (secondary N) is 1. The Morgan fingerprint density at radius 3 is 2.83 bits per heavy atom. The Kier molecular flexibility index (Phi) is 5.64. The molecule has 0 radical (unpaired) electrons. The minimum Gasteiger partial charge on any atom is -0.465 e. The fourth-order valence-corrected chi connectivity index (χ4v) is 1.38. The van der Waals surface area contributed by atoms with E-state index in [0.717, 1.165) is 11.1 Å². The van der Waals surface area contributed by atoms with E-state index in [1.807, 2.05) is 31.2 Å². The number of aryl methyl sites for hydroxylation is 1. The molecule has 4 heteroatoms. The standard InChI is InChI=1S/C14H17NO3/c1-3-18-14(17)10-15-13(16)8-7-12-6-4-5-11(2)9-12/h4-9H,3,10H2,1-2H3,(H,15,16)/b8-7+. The molecule has 0 unspecified atom stereocenters. The van der Waals surface area contributed by atoms with Crippen molar-refractivity contribution in [2.45, 2.75) is 13.8 Å². The first kappa shape index (κ1) is 14.0. The van der Waals surface area contributed by atoms with Crippen LogP contribution in [0.1, 0.15) is 18.1 Å². The van der Waals surface area contributed by atoms with Crippen LogP contribution in [0.2, 0.25) is 0 Å². The molecule has 1 rings (SSSR count). The van der Waals surface area contributed by atoms with E-state index in [4.69, 9.17) is 4.74 Å². The Bertz CT molecular complexity index is 452. The van der Waals surface area contributed by atoms with E-state index < -0.39 is 5.97 Å². The van der Waals surface area contributed by atoms with Gasteiger partial charge in [0.15, 0.2) is 0 Å². The number of amides is 1. The Morgan fingerprint density at radius 2 is 2.17 bits per heavy atom. The van der Waals surface area contributed by atoms with Crippen LogP contribution in [0.3, 0.4) is 0 Å². The first-order valence-corrected chi connectivity index (χ1v) is 5.80. The molecular formula is C14H17NO3. The summed E-state index contributed by atoms with van der Waals surface area (Å²) < 4.78 is 4.69. The third-order valence-corrected chi connectivity index (χ3v) is 2.18. The Labute approximate surface area is 107 Å². The predicted molar refractivity (Wildman–Crippen MR) is 69.9 cm³/mol. The van der Waals surface area contributed by atoms with Gasteiger partial charge >= 0.3 is 5.97 Å². The van der Waals surface area contributed by atoms with Crippen molar-refractivity contribution in [2.24, 2.45) is 0 Å². The zero-order valence-corrected chi connectivity index (χ0v) is 10.6. The minimum atomic E-state index is -0.435. The average Bonchev–Trinajstić information content (AvgIpc) is 2.34. The van der Waals surface area contributed by atoms with Crippen LogP contribution in [0, 0.1) is 6.92 Å². The molecule has 0 aliphatic carbocycles. The lowest BCUT2D eigenvalue weighted by Crippen LogP contribution is -2.29. The summed E-state index contributed by atoms with van der Waals surface area (Å²) in [5.74, 6) is -0.751. The van der Waals surface area contributed by atoms with Gasteiger partial charge in [0.25, 0.3) is 0 Å². The predicted octanol–water partition coefficient (Wildman–Crippen LogP) is 1.69. The summed E-state index contributed by atoms with van der Waals surface area (Å²) in [6.45, 7) is 3.91. The summed E-state index contributed by atoms with van der Waals surface area (Å²) in [6.07, 6.45) is 3.10. The highest BCUT2D eigenvalue weighted by molar-refractivity contribution is 5.93. The van der Waals surface area contributed by atoms with Crippen LogP contribution in [0.5, 0.6) is 0 Å². The molecule has 1 aromatic carbocycles. The quantitative estimate of drug-likeness (QED) is 0.636. The van der Waals surface area contributed by atoms with Gasteiger partial charge in [-0.3, -0.25) is 9.59 Å². The maximum Gasteiger partial charge on any atom is 0.325 e. The summed E-state index contributed by atoms with van der Waals surface area (Å²) in [6, 6.07) is 7.78. The van der Waals surface area contributed by atoms with Crippen molar-refractivity contribution in [2.75, 3.05) is 13.2 Å². The maximum absolute atomic E-state index is 11.4. The average molecular weight is 247 g/mol. The third-order valence-electron chi connectivity index (χ3n) is 2.18. The van der Waals surface area contributed by atoms with Crippen LogP contribution in [0.4, 0.5) is 0 Å². The number of hydrogen-bond donors (Lipinski definition) is 1. The van der Waals surface area contributed by atoms with Crippen molar-refractivity contribution in [1.29, 1.82) is 0 Å². The van der Waals surface area contributed by atoms with Crippen molar-refractivity contribution in [3.63, 3.8) is 0 Å². The molecule has 0 atom stereocenters. The van der Waals surface area contributed by atoms with E-state index in [1.165, 1.54) is 6.08 Å². The smallest absolute Gasteiger partial charge is 0.325 e. The van der Waals surface area contributed by atoms with Crippen molar-refractivity contribution in [3.8, 4) is 0 Å². The molecule has 0 heterocycles. The number of carbonyl (C=O) groups excluding carboxylic acids is 2. The van der Waals surface area contributed by atoms with Crippen molar-refractivity contribution in [3.05, 3.63) is 41.5 Å². The lowest BCUT2D eigenvalue weighted by atomic mass is 10.1. The van der Waals surface area contributed by atoms with Gasteiger partial charge in [0, 0.05) is 6.08 Å². The highest BCUT2D eigenvalue weighted by atomic mass is 16.5. The van der Waals surface area contributed by atoms with Gasteiger partial charge in [0.2, 0.25) is 5.91 Å². The van der Waals surface area contributed by atoms with Gasteiger partial charge in [0.1, 0.15) is 6.54 Å². The van der Waals surface area contributed by atoms with E-state index in [0.29, 0.717) is 6.61 Å². The van der Waals surface area contributed by atoms with Gasteiger partial charge in [-0.2, -0.15) is 0 Å². The monoisotopic (exact) mass is 247 g/mol. The number of hydrogen-bond acceptors (Lipinski definition) is 3. The van der Waals surface area contributed by atoms with Crippen LogP contribution < -0.4 is 5.32 Å². The maximum atomic E-state index is 11.4. The van der Waals surface area contributed by atoms with Gasteiger partial charge in [-0.05, 0) is 25.5 Å². The molecule has 96 valence electrons. The molecule has 0 spiro atoms. The lowest BCUT2D eigenvalue weighted by molar-refractivity contribution is -0.143. The van der Waals surface area contributed by atoms with E-state index in [1.54, 1.807) is 13.0 Å². The zero-order valence-electron chi connectivity index (χ0n) is 10.6. The number of esters is 1. The van der Waals surface area contributed by atoms with Crippen molar-refractivity contribution in [1.82, 2.24) is 5.32 Å². The summed E-state index contributed by atoms with van der Waals surface area (Å²) in [4.78, 5) is 22.4. The van der Waals surface area contributed by atoms with Crippen LogP contribution in [-0.2, 0) is 14.3 Å². The van der Waals surface area contributed by atoms with E-state index in [9.17, 15) is 9.59 Å². The summed E-state index contributed by atoms with van der Waals surface area (Å²) in [7, 11) is 0. The molecule has 0 aliphatic heterocycles. The molecule has 0 saturated heterocycles. The van der Waals surface area contributed by atoms with Crippen LogP contribution in [0.15, 0.2) is 30.3 Å². The Hall–Kier alpha value is -2.10. The van der Waals surface area contributed by atoms with Gasteiger partial charge in [0.05, 0.1) is 6.61 Å². The molecule has 0 bridgehead atoms. The van der Waals surface area contributed by atoms with Gasteiger partial charge in [-0.1, -0.05) is 29.8 Å². The van der Waals surface area contributed by atoms with Crippen molar-refractivity contribution >= 4 is 18.0 Å². The lowest BCUT2D eigenvalue weighted by Gasteiger charge is -2.01. The number of carbonyl (C=O) groups is 2. The molecule has 0 saturated carbocycles. The molecule has 0 fully saturated rings. The van der Waals surface area contributed by atoms with E-state index >= 15 is 0 Å². The molecular weight excluding hydrogens is 230 g/mol. The Morgan fingerprint density at radius 1 is 1.39 bits per heavy atom. The highest BCUT2D eigenvalue weighted by Gasteiger charge is 2.02. The van der Waals surface area contributed by atoms with Gasteiger partial charge in [-0.25, -0.2) is 0 Å². The SMILES string of the molecule is CCOC(=O)CNC(=O)/C=C/c1cccc(C)c1. The van der Waals surface area contributed by atoms with Gasteiger partial charge in [-0.15, -0.1) is 0 Å². The third kappa shape index (κ3) is 5.30. The van der Waals surface area contributed by atoms with Crippen LogP contribution in [-0.4, -0.2) is 25.0 Å².